The van der Waals surface area contributed by atoms with Crippen LogP contribution in [0.2, 0.25) is 5.02 Å². The summed E-state index contributed by atoms with van der Waals surface area (Å²) in [5.74, 6) is -2.16. The molecule has 2 amide bonds. The average molecular weight is 543 g/mol. The predicted octanol–water partition coefficient (Wildman–Crippen LogP) is 5.37. The zero-order valence-electron chi connectivity index (χ0n) is 18.7. The topological polar surface area (TPSA) is 146 Å². The molecule has 0 saturated carbocycles. The third-order valence-corrected chi connectivity index (χ3v) is 6.80. The van der Waals surface area contributed by atoms with Crippen LogP contribution >= 0.6 is 34.3 Å². The number of thiophene rings is 2. The quantitative estimate of drug-likeness (QED) is 0.220. The van der Waals surface area contributed by atoms with E-state index < -0.39 is 17.8 Å². The second-order valence-electron chi connectivity index (χ2n) is 6.87. The fourth-order valence-electron chi connectivity index (χ4n) is 2.82. The number of carbonyl (C=O) groups excluding carboxylic acids is 2. The van der Waals surface area contributed by atoms with Crippen LogP contribution in [0.15, 0.2) is 71.4 Å². The third kappa shape index (κ3) is 6.33. The number of nitrogens with zero attached hydrogens (tertiary/aromatic N) is 3. The van der Waals surface area contributed by atoms with Crippen molar-refractivity contribution in [1.82, 2.24) is 4.98 Å². The number of benzene rings is 1. The molecule has 4 aromatic rings. The first-order valence-electron chi connectivity index (χ1n) is 10.1. The lowest BCUT2D eigenvalue weighted by molar-refractivity contribution is 0.0701. The minimum atomic E-state index is -1.10. The summed E-state index contributed by atoms with van der Waals surface area (Å²) in [6.45, 7) is 1.64. The summed E-state index contributed by atoms with van der Waals surface area (Å²) in [5.41, 5.74) is 6.35. The molecule has 0 saturated heterocycles. The molecule has 4 rings (SSSR count). The van der Waals surface area contributed by atoms with Crippen molar-refractivity contribution in [3.05, 3.63) is 86.6 Å². The number of primary amides is 1. The van der Waals surface area contributed by atoms with E-state index in [1.165, 1.54) is 35.9 Å². The highest BCUT2D eigenvalue weighted by Crippen LogP contribution is 2.44. The van der Waals surface area contributed by atoms with Crippen molar-refractivity contribution in [3.8, 4) is 16.2 Å². The minimum Gasteiger partial charge on any atom is -0.504 e. The van der Waals surface area contributed by atoms with Gasteiger partial charge in [0.2, 0.25) is 5.91 Å². The van der Waals surface area contributed by atoms with Gasteiger partial charge in [-0.15, -0.1) is 22.7 Å². The van der Waals surface area contributed by atoms with Crippen LogP contribution in [-0.4, -0.2) is 39.2 Å². The molecule has 1 aromatic carbocycles. The number of pyridine rings is 1. The summed E-state index contributed by atoms with van der Waals surface area (Å²) < 4.78 is 0. The number of halogens is 1. The second-order valence-corrected chi connectivity index (χ2v) is 9.27. The fraction of sp³-hybridized carbons (Fsp3) is 0.0417. The molecule has 9 nitrogen and oxygen atoms in total. The second kappa shape index (κ2) is 12.1. The van der Waals surface area contributed by atoms with E-state index in [4.69, 9.17) is 22.4 Å². The number of anilines is 1. The first-order chi connectivity index (χ1) is 17.2. The van der Waals surface area contributed by atoms with Crippen molar-refractivity contribution in [2.45, 2.75) is 6.92 Å². The van der Waals surface area contributed by atoms with E-state index >= 15 is 0 Å². The van der Waals surface area contributed by atoms with Gasteiger partial charge >= 0.3 is 5.97 Å². The molecule has 0 atom stereocenters. The van der Waals surface area contributed by atoms with Gasteiger partial charge in [0.15, 0.2) is 5.75 Å². The molecule has 3 aromatic heterocycles. The molecule has 0 radical (unpaired) electrons. The monoisotopic (exact) mass is 542 g/mol. The number of aromatic nitrogens is 1. The number of carbonyl (C=O) groups is 3. The highest BCUT2D eigenvalue weighted by atomic mass is 35.5. The Morgan fingerprint density at radius 3 is 2.33 bits per heavy atom. The molecule has 0 bridgehead atoms. The number of hydrogen-bond acceptors (Lipinski definition) is 8. The Hall–Kier alpha value is -4.06. The van der Waals surface area contributed by atoms with Crippen LogP contribution < -0.4 is 10.7 Å². The lowest BCUT2D eigenvalue weighted by Gasteiger charge is -2.15. The first-order valence-corrected chi connectivity index (χ1v) is 12.2. The van der Waals surface area contributed by atoms with Crippen LogP contribution in [0.25, 0.3) is 10.4 Å². The van der Waals surface area contributed by atoms with Crippen LogP contribution in [0.1, 0.15) is 36.6 Å². The smallest absolute Gasteiger partial charge is 0.345 e. The van der Waals surface area contributed by atoms with E-state index in [2.05, 4.69) is 10.1 Å². The normalized spacial score (nSPS) is 10.5. The van der Waals surface area contributed by atoms with Gasteiger partial charge < -0.3 is 15.9 Å². The highest BCUT2D eigenvalue weighted by Gasteiger charge is 2.25. The summed E-state index contributed by atoms with van der Waals surface area (Å²) in [4.78, 5) is 38.8. The molecule has 0 spiro atoms. The van der Waals surface area contributed by atoms with Gasteiger partial charge in [-0.1, -0.05) is 23.7 Å². The SMILES string of the molecule is CC=NN(C(=O)c1ccc(C(=O)O)s1)c1csc(-c2ccc(Cl)cc2)c1O.NC(=O)c1cccnc1. The number of carboxylic acid groups (broad SMARTS) is 1. The van der Waals surface area contributed by atoms with E-state index in [1.807, 2.05) is 0 Å². The van der Waals surface area contributed by atoms with Gasteiger partial charge in [-0.2, -0.15) is 10.1 Å². The Labute approximate surface area is 218 Å². The van der Waals surface area contributed by atoms with Crippen molar-refractivity contribution < 1.29 is 24.6 Å². The van der Waals surface area contributed by atoms with Gasteiger partial charge in [0, 0.05) is 29.0 Å². The number of rotatable bonds is 6. The number of carboxylic acids is 1. The van der Waals surface area contributed by atoms with E-state index in [1.54, 1.807) is 54.9 Å². The van der Waals surface area contributed by atoms with Crippen LogP contribution in [0.5, 0.6) is 5.75 Å². The van der Waals surface area contributed by atoms with Crippen LogP contribution in [0, 0.1) is 0 Å². The van der Waals surface area contributed by atoms with E-state index in [9.17, 15) is 19.5 Å². The summed E-state index contributed by atoms with van der Waals surface area (Å²) in [7, 11) is 0. The van der Waals surface area contributed by atoms with Gasteiger partial charge in [0.25, 0.3) is 5.91 Å². The number of aromatic carboxylic acids is 1. The summed E-state index contributed by atoms with van der Waals surface area (Å²) in [6, 6.07) is 13.0. The molecule has 0 fully saturated rings. The molecule has 0 aliphatic heterocycles. The van der Waals surface area contributed by atoms with E-state index in [0.29, 0.717) is 15.5 Å². The summed E-state index contributed by atoms with van der Waals surface area (Å²) in [6.07, 6.45) is 4.44. The minimum absolute atomic E-state index is 0.0511. The van der Waals surface area contributed by atoms with Gasteiger partial charge in [-0.05, 0) is 48.9 Å². The molecule has 0 aliphatic rings. The Kier molecular flexibility index (Phi) is 8.90. The maximum atomic E-state index is 12.8. The molecular formula is C24H19ClN4O5S2. The molecular weight excluding hydrogens is 524 g/mol. The van der Waals surface area contributed by atoms with Gasteiger partial charge in [0.05, 0.1) is 15.3 Å². The van der Waals surface area contributed by atoms with Gasteiger partial charge in [-0.3, -0.25) is 14.6 Å². The highest BCUT2D eigenvalue weighted by molar-refractivity contribution is 7.16. The Morgan fingerprint density at radius 1 is 1.11 bits per heavy atom. The molecule has 4 N–H and O–H groups in total. The fourth-order valence-corrected chi connectivity index (χ4v) is 4.64. The Bertz CT molecular complexity index is 1400. The van der Waals surface area contributed by atoms with E-state index in [0.717, 1.165) is 21.9 Å². The van der Waals surface area contributed by atoms with E-state index in [-0.39, 0.29) is 21.2 Å². The Balaban J connectivity index is 0.000000338. The lowest BCUT2D eigenvalue weighted by atomic mass is 10.2. The van der Waals surface area contributed by atoms with Crippen LogP contribution in [-0.2, 0) is 0 Å². The zero-order chi connectivity index (χ0) is 26.2. The maximum absolute atomic E-state index is 12.8. The summed E-state index contributed by atoms with van der Waals surface area (Å²) >= 11 is 8.01. The summed E-state index contributed by atoms with van der Waals surface area (Å²) in [5, 5.41) is 27.0. The molecule has 0 aliphatic carbocycles. The van der Waals surface area contributed by atoms with Crippen LogP contribution in [0.4, 0.5) is 5.69 Å². The maximum Gasteiger partial charge on any atom is 0.345 e. The van der Waals surface area contributed by atoms with Crippen LogP contribution in [0.3, 0.4) is 0 Å². The molecule has 36 heavy (non-hydrogen) atoms. The molecule has 12 heteroatoms. The third-order valence-electron chi connectivity index (χ3n) is 4.48. The number of nitrogens with two attached hydrogens (primary N) is 1. The van der Waals surface area contributed by atoms with Crippen molar-refractivity contribution in [2.24, 2.45) is 10.8 Å². The number of hydrogen-bond donors (Lipinski definition) is 3. The lowest BCUT2D eigenvalue weighted by Crippen LogP contribution is -2.24. The first kappa shape index (κ1) is 26.5. The number of aromatic hydroxyl groups is 1. The molecule has 3 heterocycles. The van der Waals surface area contributed by atoms with Crippen molar-refractivity contribution in [2.75, 3.05) is 5.01 Å². The van der Waals surface area contributed by atoms with Crippen molar-refractivity contribution in [3.63, 3.8) is 0 Å². The number of hydrazone groups is 1. The largest absolute Gasteiger partial charge is 0.504 e. The van der Waals surface area contributed by atoms with Crippen molar-refractivity contribution in [1.29, 1.82) is 0 Å². The predicted molar refractivity (Wildman–Crippen MR) is 141 cm³/mol. The molecule has 0 unspecified atom stereocenters. The van der Waals surface area contributed by atoms with Crippen molar-refractivity contribution >= 4 is 64.0 Å². The standard InChI is InChI=1S/C18H13ClN2O4S2.C6H6N2O/c1-2-20-21(17(23)13-7-8-14(27-13)18(24)25)12-9-26-16(15(12)22)10-3-5-11(19)6-4-10;7-6(9)5-2-1-3-8-4-5/h2-9,22H,1H3,(H,24,25);1-4H,(H2,7,9). The van der Waals surface area contributed by atoms with Gasteiger partial charge in [0.1, 0.15) is 10.6 Å². The zero-order valence-corrected chi connectivity index (χ0v) is 21.0. The number of amides is 2. The molecule has 184 valence electrons. The average Bonchev–Trinajstić information content (AvgIpc) is 3.51. The van der Waals surface area contributed by atoms with Gasteiger partial charge in [-0.25, -0.2) is 4.79 Å². The Morgan fingerprint density at radius 2 is 1.81 bits per heavy atom.